The van der Waals surface area contributed by atoms with Crippen molar-refractivity contribution in [1.29, 1.82) is 0 Å². The van der Waals surface area contributed by atoms with Crippen molar-refractivity contribution in [2.75, 3.05) is 12.4 Å². The Morgan fingerprint density at radius 2 is 2.09 bits per heavy atom. The van der Waals surface area contributed by atoms with Crippen LogP contribution >= 0.6 is 11.3 Å². The molecule has 0 amide bonds. The van der Waals surface area contributed by atoms with Crippen molar-refractivity contribution in [2.24, 2.45) is 4.40 Å². The second-order valence-corrected chi connectivity index (χ2v) is 12.2. The van der Waals surface area contributed by atoms with E-state index in [9.17, 15) is 21.9 Å². The summed E-state index contributed by atoms with van der Waals surface area (Å²) in [6.45, 7) is 3.73. The summed E-state index contributed by atoms with van der Waals surface area (Å²) in [4.78, 5) is 0. The second kappa shape index (κ2) is 8.21. The van der Waals surface area contributed by atoms with E-state index in [1.807, 2.05) is 26.0 Å². The first kappa shape index (κ1) is 22.8. The molecule has 2 aromatic heterocycles. The fourth-order valence-corrected chi connectivity index (χ4v) is 7.05. The maximum Gasteiger partial charge on any atom is 0.279 e. The molecule has 3 N–H and O–H groups in total. The molecule has 0 spiro atoms. The van der Waals surface area contributed by atoms with E-state index in [2.05, 4.69) is 15.0 Å². The number of nitrogens with zero attached hydrogens (tertiary/aromatic N) is 2. The standard InChI is InChI=1S/C19H24N4O6S3/c1-4-13(16-8-5-11(2)29-16)20-15-10-31(25,26)22-18(15)21-14-9-30-19(17(14)24)32(27,28)23(3)12-6-7-12/h5,8-10,12-13,20,24H,4,6-7H2,1-3H3,(H,21,22)/t13-/m1/s1. The molecule has 0 unspecified atom stereocenters. The van der Waals surface area contributed by atoms with Gasteiger partial charge in [0.15, 0.2) is 15.8 Å². The van der Waals surface area contributed by atoms with E-state index in [4.69, 9.17) is 4.42 Å². The first-order valence-electron chi connectivity index (χ1n) is 9.97. The number of furan rings is 1. The third-order valence-corrected chi connectivity index (χ3v) is 9.61. The maximum atomic E-state index is 12.8. The van der Waals surface area contributed by atoms with Gasteiger partial charge in [-0.05, 0) is 38.3 Å². The minimum Gasteiger partial charge on any atom is -0.504 e. The lowest BCUT2D eigenvalue weighted by atomic mass is 10.1. The largest absolute Gasteiger partial charge is 0.504 e. The number of thiophene rings is 1. The third kappa shape index (κ3) is 4.42. The summed E-state index contributed by atoms with van der Waals surface area (Å²) in [5.41, 5.74) is 0.249. The molecule has 1 aliphatic heterocycles. The van der Waals surface area contributed by atoms with Gasteiger partial charge < -0.3 is 20.2 Å². The lowest BCUT2D eigenvalue weighted by Crippen LogP contribution is -2.28. The summed E-state index contributed by atoms with van der Waals surface area (Å²) in [6, 6.07) is 3.26. The van der Waals surface area contributed by atoms with Crippen molar-refractivity contribution in [2.45, 2.75) is 49.4 Å². The molecule has 1 atom stereocenters. The van der Waals surface area contributed by atoms with Crippen LogP contribution in [0.5, 0.6) is 5.75 Å². The van der Waals surface area contributed by atoms with Gasteiger partial charge in [0.1, 0.15) is 11.5 Å². The smallest absolute Gasteiger partial charge is 0.279 e. The Morgan fingerprint density at radius 1 is 1.38 bits per heavy atom. The number of rotatable bonds is 8. The Kier molecular flexibility index (Phi) is 5.86. The van der Waals surface area contributed by atoms with Crippen LogP contribution in [-0.2, 0) is 20.0 Å². The van der Waals surface area contributed by atoms with Gasteiger partial charge in [0.25, 0.3) is 20.0 Å². The van der Waals surface area contributed by atoms with Crippen LogP contribution < -0.4 is 10.6 Å². The lowest BCUT2D eigenvalue weighted by Gasteiger charge is -2.18. The van der Waals surface area contributed by atoms with E-state index in [1.165, 1.54) is 16.7 Å². The van der Waals surface area contributed by atoms with Gasteiger partial charge in [0.05, 0.1) is 22.8 Å². The minimum absolute atomic E-state index is 0.0423. The van der Waals surface area contributed by atoms with Crippen LogP contribution in [0.1, 0.15) is 43.7 Å². The van der Waals surface area contributed by atoms with Crippen LogP contribution in [0, 0.1) is 6.92 Å². The van der Waals surface area contributed by atoms with Gasteiger partial charge in [-0.25, -0.2) is 8.42 Å². The molecule has 32 heavy (non-hydrogen) atoms. The molecule has 2 aromatic rings. The Hall–Kier alpha value is -2.35. The number of aromatic hydroxyl groups is 1. The highest BCUT2D eigenvalue weighted by molar-refractivity contribution is 7.93. The number of anilines is 1. The molecule has 1 saturated carbocycles. The molecule has 13 heteroatoms. The molecule has 0 aromatic carbocycles. The number of sulfonamides is 2. The quantitative estimate of drug-likeness (QED) is 0.502. The van der Waals surface area contributed by atoms with E-state index in [1.54, 1.807) is 0 Å². The highest BCUT2D eigenvalue weighted by Gasteiger charge is 2.38. The van der Waals surface area contributed by atoms with Crippen molar-refractivity contribution in [3.05, 3.63) is 40.1 Å². The monoisotopic (exact) mass is 500 g/mol. The van der Waals surface area contributed by atoms with Crippen molar-refractivity contribution in [3.63, 3.8) is 0 Å². The van der Waals surface area contributed by atoms with Crippen molar-refractivity contribution >= 4 is 42.9 Å². The van der Waals surface area contributed by atoms with E-state index in [0.29, 0.717) is 12.2 Å². The summed E-state index contributed by atoms with van der Waals surface area (Å²) in [5.74, 6) is 0.861. The van der Waals surface area contributed by atoms with Crippen LogP contribution in [0.2, 0.25) is 0 Å². The number of amidine groups is 1. The topological polar surface area (TPSA) is 141 Å². The average molecular weight is 501 g/mol. The van der Waals surface area contributed by atoms with Crippen LogP contribution in [0.4, 0.5) is 5.69 Å². The van der Waals surface area contributed by atoms with Gasteiger partial charge in [-0.3, -0.25) is 0 Å². The number of hydrogen-bond acceptors (Lipinski definition) is 9. The van der Waals surface area contributed by atoms with Gasteiger partial charge in [-0.1, -0.05) is 6.92 Å². The van der Waals surface area contributed by atoms with Crippen LogP contribution in [-0.4, -0.2) is 45.2 Å². The summed E-state index contributed by atoms with van der Waals surface area (Å²) in [6.07, 6.45) is 2.18. The normalized spacial score (nSPS) is 19.0. The van der Waals surface area contributed by atoms with Crippen molar-refractivity contribution in [1.82, 2.24) is 9.62 Å². The van der Waals surface area contributed by atoms with Crippen LogP contribution in [0.3, 0.4) is 0 Å². The molecule has 0 radical (unpaired) electrons. The molecule has 2 aliphatic rings. The molecular weight excluding hydrogens is 476 g/mol. The zero-order valence-corrected chi connectivity index (χ0v) is 20.1. The van der Waals surface area contributed by atoms with E-state index < -0.39 is 25.8 Å². The zero-order chi connectivity index (χ0) is 23.3. The number of nitrogens with one attached hydrogen (secondary N) is 2. The zero-order valence-electron chi connectivity index (χ0n) is 17.7. The Balaban J connectivity index is 1.58. The third-order valence-electron chi connectivity index (χ3n) is 5.24. The van der Waals surface area contributed by atoms with E-state index >= 15 is 0 Å². The molecule has 1 fully saturated rings. The SMILES string of the molecule is CC[C@@H](NC1=CS(=O)(=O)N=C1Nc1csc(S(=O)(=O)N(C)C2CC2)c1O)c1ccc(C)o1. The highest BCUT2D eigenvalue weighted by Crippen LogP contribution is 2.41. The molecule has 4 rings (SSSR count). The predicted octanol–water partition coefficient (Wildman–Crippen LogP) is 2.87. The molecule has 10 nitrogen and oxygen atoms in total. The van der Waals surface area contributed by atoms with Gasteiger partial charge in [-0.15, -0.1) is 15.7 Å². The van der Waals surface area contributed by atoms with Gasteiger partial charge in [0.2, 0.25) is 0 Å². The molecule has 0 saturated heterocycles. The Labute approximate surface area is 190 Å². The van der Waals surface area contributed by atoms with Crippen LogP contribution in [0.25, 0.3) is 0 Å². The predicted molar refractivity (Wildman–Crippen MR) is 122 cm³/mol. The van der Waals surface area contributed by atoms with E-state index in [0.717, 1.165) is 35.3 Å². The number of hydrogen-bond donors (Lipinski definition) is 3. The summed E-state index contributed by atoms with van der Waals surface area (Å²) < 4.78 is 60.3. The van der Waals surface area contributed by atoms with Crippen molar-refractivity contribution < 1.29 is 26.4 Å². The molecule has 174 valence electrons. The van der Waals surface area contributed by atoms with Gasteiger partial charge in [0, 0.05) is 18.5 Å². The second-order valence-electron chi connectivity index (χ2n) is 7.70. The van der Waals surface area contributed by atoms with Crippen LogP contribution in [0.15, 0.2) is 41.6 Å². The van der Waals surface area contributed by atoms with E-state index in [-0.39, 0.29) is 33.5 Å². The first-order valence-corrected chi connectivity index (χ1v) is 13.8. The summed E-state index contributed by atoms with van der Waals surface area (Å²) in [5, 5.41) is 18.9. The fraction of sp³-hybridized carbons (Fsp3) is 0.421. The average Bonchev–Trinajstić information content (AvgIpc) is 3.28. The lowest BCUT2D eigenvalue weighted by molar-refractivity contribution is 0.414. The summed E-state index contributed by atoms with van der Waals surface area (Å²) in [7, 11) is -6.25. The maximum absolute atomic E-state index is 12.8. The van der Waals surface area contributed by atoms with Gasteiger partial charge in [-0.2, -0.15) is 12.7 Å². The summed E-state index contributed by atoms with van der Waals surface area (Å²) >= 11 is 0.858. The molecule has 0 bridgehead atoms. The molecule has 3 heterocycles. The first-order chi connectivity index (χ1) is 15.0. The number of aryl methyl sites for hydroxylation is 1. The molecular formula is C19H24N4O6S3. The Bertz CT molecular complexity index is 1300. The van der Waals surface area contributed by atoms with Crippen molar-refractivity contribution in [3.8, 4) is 5.75 Å². The fourth-order valence-electron chi connectivity index (χ4n) is 3.30. The van der Waals surface area contributed by atoms with Gasteiger partial charge >= 0.3 is 0 Å². The highest BCUT2D eigenvalue weighted by atomic mass is 32.2. The Morgan fingerprint density at radius 3 is 2.69 bits per heavy atom. The minimum atomic E-state index is -3.88. The molecule has 1 aliphatic carbocycles.